The van der Waals surface area contributed by atoms with Crippen LogP contribution in [0.15, 0.2) is 57.7 Å². The predicted octanol–water partition coefficient (Wildman–Crippen LogP) is 7.91. The first kappa shape index (κ1) is 24.3. The van der Waals surface area contributed by atoms with E-state index in [0.717, 1.165) is 110 Å². The van der Waals surface area contributed by atoms with Crippen molar-refractivity contribution >= 4 is 11.6 Å². The predicted molar refractivity (Wildman–Crippen MR) is 127 cm³/mol. The molecule has 0 heterocycles. The Morgan fingerprint density at radius 3 is 0.900 bits per heavy atom. The van der Waals surface area contributed by atoms with Gasteiger partial charge in [0, 0.05) is 22.3 Å². The van der Waals surface area contributed by atoms with Crippen LogP contribution in [0.5, 0.6) is 0 Å². The maximum absolute atomic E-state index is 13.0. The molecule has 0 radical (unpaired) electrons. The van der Waals surface area contributed by atoms with Gasteiger partial charge in [0.05, 0.1) is 0 Å². The third-order valence-electron chi connectivity index (χ3n) is 6.02. The minimum atomic E-state index is 0.235. The highest BCUT2D eigenvalue weighted by atomic mass is 16.1. The zero-order valence-electron chi connectivity index (χ0n) is 19.6. The number of carbonyl (C=O) groups is 2. The zero-order valence-corrected chi connectivity index (χ0v) is 19.6. The lowest BCUT2D eigenvalue weighted by Gasteiger charge is -2.20. The van der Waals surface area contributed by atoms with Crippen molar-refractivity contribution in [1.29, 1.82) is 0 Å². The van der Waals surface area contributed by atoms with Crippen LogP contribution in [-0.2, 0) is 9.59 Å². The molecular formula is C28H40O2. The normalized spacial score (nSPS) is 17.1. The van der Waals surface area contributed by atoms with Crippen LogP contribution >= 0.6 is 0 Å². The number of unbranched alkanes of at least 4 members (excludes halogenated alkanes) is 4. The second-order valence-corrected chi connectivity index (χ2v) is 8.66. The van der Waals surface area contributed by atoms with Crippen molar-refractivity contribution in [3.05, 3.63) is 57.7 Å². The zero-order chi connectivity index (χ0) is 21.9. The number of ketones is 2. The molecule has 0 aromatic rings. The number of carbonyl (C=O) groups excluding carboxylic acids is 2. The molecule has 0 aromatic carbocycles. The van der Waals surface area contributed by atoms with Gasteiger partial charge in [0.25, 0.3) is 0 Å². The Balaban J connectivity index is 2.52. The minimum absolute atomic E-state index is 0.235. The molecule has 0 bridgehead atoms. The monoisotopic (exact) mass is 408 g/mol. The SMILES string of the molecule is CCCCC1=CC(=C2C=C(CCCC)C(=O)C(CCCC)=C2)C=C(CCCC)C1=O. The van der Waals surface area contributed by atoms with E-state index in [9.17, 15) is 9.59 Å². The van der Waals surface area contributed by atoms with Crippen molar-refractivity contribution in [2.75, 3.05) is 0 Å². The van der Waals surface area contributed by atoms with Crippen LogP contribution in [0.4, 0.5) is 0 Å². The van der Waals surface area contributed by atoms with Crippen LogP contribution in [0.3, 0.4) is 0 Å². The number of rotatable bonds is 12. The molecule has 0 spiro atoms. The van der Waals surface area contributed by atoms with E-state index in [4.69, 9.17) is 0 Å². The quantitative estimate of drug-likeness (QED) is 0.329. The molecule has 0 N–H and O–H groups in total. The van der Waals surface area contributed by atoms with Gasteiger partial charge in [0.1, 0.15) is 0 Å². The maximum atomic E-state index is 13.0. The van der Waals surface area contributed by atoms with Crippen molar-refractivity contribution in [3.63, 3.8) is 0 Å². The Hall–Kier alpha value is -1.96. The van der Waals surface area contributed by atoms with E-state index in [1.165, 1.54) is 0 Å². The van der Waals surface area contributed by atoms with Gasteiger partial charge in [-0.3, -0.25) is 9.59 Å². The molecule has 0 atom stereocenters. The highest BCUT2D eigenvalue weighted by Crippen LogP contribution is 2.32. The van der Waals surface area contributed by atoms with Gasteiger partial charge < -0.3 is 0 Å². The lowest BCUT2D eigenvalue weighted by Crippen LogP contribution is -2.14. The summed E-state index contributed by atoms with van der Waals surface area (Å²) in [6, 6.07) is 0. The number of Topliss-reactive ketones (excluding diaryl/α,β-unsaturated/α-hetero) is 2. The van der Waals surface area contributed by atoms with Crippen LogP contribution in [0.2, 0.25) is 0 Å². The van der Waals surface area contributed by atoms with Gasteiger partial charge in [-0.15, -0.1) is 0 Å². The lowest BCUT2D eigenvalue weighted by atomic mass is 9.83. The fourth-order valence-corrected chi connectivity index (χ4v) is 4.05. The Labute approximate surface area is 183 Å². The molecule has 0 unspecified atom stereocenters. The van der Waals surface area contributed by atoms with Gasteiger partial charge in [-0.25, -0.2) is 0 Å². The molecule has 2 nitrogen and oxygen atoms in total. The summed E-state index contributed by atoms with van der Waals surface area (Å²) < 4.78 is 0. The fraction of sp³-hybridized carbons (Fsp3) is 0.571. The average molecular weight is 409 g/mol. The van der Waals surface area contributed by atoms with Gasteiger partial charge in [-0.1, -0.05) is 53.4 Å². The Kier molecular flexibility index (Phi) is 10.3. The molecule has 0 aromatic heterocycles. The molecular weight excluding hydrogens is 368 g/mol. The molecule has 2 aliphatic carbocycles. The summed E-state index contributed by atoms with van der Waals surface area (Å²) in [4.78, 5) is 26.0. The molecule has 0 aliphatic heterocycles. The second-order valence-electron chi connectivity index (χ2n) is 8.66. The Morgan fingerprint density at radius 2 is 0.700 bits per heavy atom. The summed E-state index contributed by atoms with van der Waals surface area (Å²) >= 11 is 0. The molecule has 2 aliphatic rings. The smallest absolute Gasteiger partial charge is 0.185 e. The van der Waals surface area contributed by atoms with Crippen LogP contribution < -0.4 is 0 Å². The van der Waals surface area contributed by atoms with Gasteiger partial charge in [0.15, 0.2) is 11.6 Å². The van der Waals surface area contributed by atoms with Crippen molar-refractivity contribution in [2.45, 2.75) is 105 Å². The topological polar surface area (TPSA) is 34.1 Å². The number of allylic oxidation sites excluding steroid dienone is 10. The molecule has 0 fully saturated rings. The highest BCUT2D eigenvalue weighted by molar-refractivity contribution is 6.12. The van der Waals surface area contributed by atoms with E-state index < -0.39 is 0 Å². The third-order valence-corrected chi connectivity index (χ3v) is 6.02. The van der Waals surface area contributed by atoms with E-state index in [0.29, 0.717) is 0 Å². The van der Waals surface area contributed by atoms with Crippen LogP contribution in [0.1, 0.15) is 105 Å². The molecule has 0 amide bonds. The maximum Gasteiger partial charge on any atom is 0.185 e. The van der Waals surface area contributed by atoms with Crippen molar-refractivity contribution < 1.29 is 9.59 Å². The van der Waals surface area contributed by atoms with Crippen LogP contribution in [0.25, 0.3) is 0 Å². The molecule has 30 heavy (non-hydrogen) atoms. The van der Waals surface area contributed by atoms with Gasteiger partial charge in [-0.05, 0) is 86.8 Å². The second kappa shape index (κ2) is 12.7. The van der Waals surface area contributed by atoms with Gasteiger partial charge in [-0.2, -0.15) is 0 Å². The fourth-order valence-electron chi connectivity index (χ4n) is 4.05. The molecule has 0 saturated carbocycles. The van der Waals surface area contributed by atoms with Crippen molar-refractivity contribution in [2.24, 2.45) is 0 Å². The molecule has 2 rings (SSSR count). The lowest BCUT2D eigenvalue weighted by molar-refractivity contribution is -0.113. The first-order valence-corrected chi connectivity index (χ1v) is 12.2. The highest BCUT2D eigenvalue weighted by Gasteiger charge is 2.24. The third kappa shape index (κ3) is 6.52. The van der Waals surface area contributed by atoms with E-state index in [2.05, 4.69) is 52.0 Å². The molecule has 164 valence electrons. The first-order chi connectivity index (χ1) is 14.5. The summed E-state index contributed by atoms with van der Waals surface area (Å²) in [6.07, 6.45) is 20.2. The van der Waals surface area contributed by atoms with Gasteiger partial charge >= 0.3 is 0 Å². The summed E-state index contributed by atoms with van der Waals surface area (Å²) in [6.45, 7) is 8.66. The summed E-state index contributed by atoms with van der Waals surface area (Å²) in [5.74, 6) is 0.469. The first-order valence-electron chi connectivity index (χ1n) is 12.2. The number of hydrogen-bond donors (Lipinski definition) is 0. The standard InChI is InChI=1S/C28H40O2/c1-5-9-13-21-17-25(18-22(27(21)29)14-10-6-2)26-19-23(15-11-7-3)28(30)24(20-26)16-12-8-4/h17-20H,5-16H2,1-4H3. The van der Waals surface area contributed by atoms with Crippen molar-refractivity contribution in [3.8, 4) is 0 Å². The average Bonchev–Trinajstić information content (AvgIpc) is 2.76. The number of hydrogen-bond acceptors (Lipinski definition) is 2. The van der Waals surface area contributed by atoms with Crippen molar-refractivity contribution in [1.82, 2.24) is 0 Å². The molecule has 2 heteroatoms. The van der Waals surface area contributed by atoms with E-state index >= 15 is 0 Å². The Morgan fingerprint density at radius 1 is 0.467 bits per heavy atom. The van der Waals surface area contributed by atoms with Crippen LogP contribution in [0, 0.1) is 0 Å². The van der Waals surface area contributed by atoms with Gasteiger partial charge in [0.2, 0.25) is 0 Å². The largest absolute Gasteiger partial charge is 0.289 e. The summed E-state index contributed by atoms with van der Waals surface area (Å²) in [5.41, 5.74) is 5.99. The Bertz CT molecular complexity index is 657. The van der Waals surface area contributed by atoms with E-state index in [-0.39, 0.29) is 11.6 Å². The van der Waals surface area contributed by atoms with Crippen LogP contribution in [-0.4, -0.2) is 11.6 Å². The minimum Gasteiger partial charge on any atom is -0.289 e. The summed E-state index contributed by atoms with van der Waals surface area (Å²) in [5, 5.41) is 0. The summed E-state index contributed by atoms with van der Waals surface area (Å²) in [7, 11) is 0. The van der Waals surface area contributed by atoms with E-state index in [1.54, 1.807) is 0 Å². The van der Waals surface area contributed by atoms with E-state index in [1.807, 2.05) is 0 Å². The molecule has 0 saturated heterocycles.